The maximum absolute atomic E-state index is 16.0. The minimum atomic E-state index is -2.24. The molecule has 8 aromatic carbocycles. The molecule has 31 heteroatoms. The molecule has 8 atom stereocenters. The summed E-state index contributed by atoms with van der Waals surface area (Å²) in [5.74, 6) is -15.0. The molecule has 16 N–H and O–H groups in total. The van der Waals surface area contributed by atoms with Gasteiger partial charge in [0.05, 0.1) is 21.8 Å². The number of carbonyl (C=O) groups is 7. The number of aliphatic hydroxyl groups excluding tert-OH is 1. The fraction of sp³-hybridized carbons (Fsp3) is 0.200. The van der Waals surface area contributed by atoms with E-state index in [2.05, 4.69) is 37.0 Å². The molecular formula is C70H59Cl3N10O18. The molecule has 0 saturated carbocycles. The number of carbonyl (C=O) groups excluding carboxylic acids is 6. The Kier molecular flexibility index (Phi) is 18.6. The number of nitrogens with zero attached hydrogens (tertiary/aromatic N) is 3. The minimum absolute atomic E-state index is 0.114. The lowest BCUT2D eigenvalue weighted by atomic mass is 9.88. The Balaban J connectivity index is 0.969. The van der Waals surface area contributed by atoms with Gasteiger partial charge in [0.2, 0.25) is 41.2 Å². The van der Waals surface area contributed by atoms with E-state index in [-0.39, 0.29) is 79.4 Å². The van der Waals surface area contributed by atoms with Crippen molar-refractivity contribution in [1.29, 1.82) is 0 Å². The highest BCUT2D eigenvalue weighted by atomic mass is 35.5. The van der Waals surface area contributed by atoms with E-state index in [4.69, 9.17) is 54.7 Å². The smallest absolute Gasteiger partial charge is 0.330 e. The summed E-state index contributed by atoms with van der Waals surface area (Å²) < 4.78 is 18.6. The summed E-state index contributed by atoms with van der Waals surface area (Å²) in [6.45, 7) is 1.22. The van der Waals surface area contributed by atoms with Crippen LogP contribution < -0.4 is 51.8 Å². The van der Waals surface area contributed by atoms with E-state index >= 15 is 24.0 Å². The lowest BCUT2D eigenvalue weighted by Crippen LogP contribution is -2.55. The number of ether oxygens (including phenoxy) is 3. The second kappa shape index (κ2) is 27.6. The van der Waals surface area contributed by atoms with Crippen LogP contribution in [0.25, 0.3) is 11.1 Å². The van der Waals surface area contributed by atoms with Crippen molar-refractivity contribution in [2.75, 3.05) is 26.2 Å². The third kappa shape index (κ3) is 14.0. The van der Waals surface area contributed by atoms with Crippen molar-refractivity contribution in [3.05, 3.63) is 199 Å². The van der Waals surface area contributed by atoms with Crippen LogP contribution in [0.4, 0.5) is 0 Å². The Labute approximate surface area is 587 Å². The van der Waals surface area contributed by atoms with Crippen LogP contribution in [0.2, 0.25) is 15.1 Å². The Bertz CT molecular complexity index is 4790. The molecule has 518 valence electrons. The first-order chi connectivity index (χ1) is 48.3. The number of hydrogen-bond donors (Lipinski definition) is 15. The number of aliphatic hydroxyl groups is 1. The SMILES string of the molecule is N[C@@H]1C(=O)N[C@@H]2Cc3ccc(c(Cl)c3)Oc3cc4cc(c3O)Oc3ccc(cc3Cl)[C@@H](O)[C@@H]3NC(=O)[C@H](NC(=O)[C@@H]4NC(=O)[C@@H](NC2=O)c2cc(O)cc(c2)Oc2cc1ccc2O)c1ccc(O)c(c1)-c1c(cc(O)c(CN2CCN(N=Cc4ccc(Cl)cc4)CC2)c1O)[C@@H](C(=O)O)NC3=O. The molecule has 17 bridgehead atoms. The van der Waals surface area contributed by atoms with Crippen LogP contribution in [0, 0.1) is 0 Å². The summed E-state index contributed by atoms with van der Waals surface area (Å²) in [4.78, 5) is 107. The molecule has 0 spiro atoms. The number of rotatable bonds is 5. The number of carboxylic acids is 1. The molecule has 7 aliphatic heterocycles. The van der Waals surface area contributed by atoms with Crippen molar-refractivity contribution in [1.82, 2.24) is 41.8 Å². The van der Waals surface area contributed by atoms with E-state index in [1.807, 2.05) is 4.90 Å². The predicted molar refractivity (Wildman–Crippen MR) is 361 cm³/mol. The summed E-state index contributed by atoms with van der Waals surface area (Å²) in [5, 5.41) is 116. The zero-order valence-electron chi connectivity index (χ0n) is 52.4. The predicted octanol–water partition coefficient (Wildman–Crippen LogP) is 6.79. The molecule has 1 saturated heterocycles. The first-order valence-corrected chi connectivity index (χ1v) is 32.3. The van der Waals surface area contributed by atoms with Crippen molar-refractivity contribution < 1.29 is 88.6 Å². The zero-order chi connectivity index (χ0) is 71.4. The van der Waals surface area contributed by atoms with Gasteiger partial charge in [-0.1, -0.05) is 71.2 Å². The average molecular weight is 1430 g/mol. The van der Waals surface area contributed by atoms with Gasteiger partial charge in [0.15, 0.2) is 29.0 Å². The summed E-state index contributed by atoms with van der Waals surface area (Å²) in [6.07, 6.45) is -0.854. The van der Waals surface area contributed by atoms with Gasteiger partial charge >= 0.3 is 5.97 Å². The second-order valence-electron chi connectivity index (χ2n) is 24.4. The quantitative estimate of drug-likeness (QED) is 0.0788. The number of fused-ring (bicyclic) bond motifs is 14. The lowest BCUT2D eigenvalue weighted by molar-refractivity contribution is -0.143. The van der Waals surface area contributed by atoms with Gasteiger partial charge in [-0.05, 0) is 130 Å². The standard InChI is InChI=1S/C70H59Cl3N10O18/c71-37-7-1-30(2-8-37)28-75-83-15-13-82(14-16-83)29-42-48(87)27-41-54(62(42)89)40-21-33(5-9-46(40)85)56-66(93)81-60(69(96)80-59(41)70(97)98)61(88)34-6-12-50(44(73)22-34)101-53-25-36-24-52(63(53)90)100-49-11-3-31(17-43(49)72)18-45-64(91)77-57(67(94)79-58(36)68(95)78-56)35-19-38(84)26-39(20-35)99-51-23-32(4-10-47(51)86)55(74)65(92)76-45/h1-12,17,19-28,45,55-61,84-90H,13-16,18,29,74H2,(H,76,92)(H,77,91)(H,78,95)(H,79,94)(H,80,96)(H,81,93)(H,97,98)/t45-,55+,56-,57+,58-,59+,60+,61-/m1/s1. The van der Waals surface area contributed by atoms with Crippen LogP contribution in [-0.4, -0.2) is 137 Å². The summed E-state index contributed by atoms with van der Waals surface area (Å²) in [7, 11) is 0. The van der Waals surface area contributed by atoms with E-state index in [0.717, 1.165) is 60.2 Å². The van der Waals surface area contributed by atoms with Gasteiger partial charge in [-0.2, -0.15) is 5.10 Å². The van der Waals surface area contributed by atoms with Gasteiger partial charge in [0.25, 0.3) is 0 Å². The van der Waals surface area contributed by atoms with Crippen molar-refractivity contribution in [3.8, 4) is 80.1 Å². The number of amides is 6. The minimum Gasteiger partial charge on any atom is -0.508 e. The van der Waals surface area contributed by atoms with Crippen LogP contribution >= 0.6 is 34.8 Å². The Hall–Kier alpha value is -11.5. The van der Waals surface area contributed by atoms with Gasteiger partial charge in [-0.3, -0.25) is 38.7 Å². The van der Waals surface area contributed by atoms with Crippen LogP contribution in [-0.2, 0) is 46.5 Å². The number of halogens is 3. The molecule has 6 amide bonds. The normalized spacial score (nSPS) is 21.6. The highest BCUT2D eigenvalue weighted by molar-refractivity contribution is 6.32. The third-order valence-corrected chi connectivity index (χ3v) is 18.5. The van der Waals surface area contributed by atoms with Crippen molar-refractivity contribution in [3.63, 3.8) is 0 Å². The topological polar surface area (TPSA) is 426 Å². The number of benzene rings is 8. The molecule has 0 radical (unpaired) electrons. The zero-order valence-corrected chi connectivity index (χ0v) is 54.6. The number of piperazine rings is 1. The van der Waals surface area contributed by atoms with Gasteiger partial charge in [-0.15, -0.1) is 0 Å². The molecule has 0 unspecified atom stereocenters. The molecule has 0 aromatic heterocycles. The molecular weight excluding hydrogens is 1380 g/mol. The number of phenols is 6. The van der Waals surface area contributed by atoms with Crippen LogP contribution in [0.15, 0.2) is 139 Å². The highest BCUT2D eigenvalue weighted by Gasteiger charge is 2.42. The van der Waals surface area contributed by atoms with Gasteiger partial charge in [-0.25, -0.2) is 4.79 Å². The number of phenolic OH excluding ortho intramolecular Hbond substituents is 6. The van der Waals surface area contributed by atoms with E-state index in [9.17, 15) is 50.4 Å². The van der Waals surface area contributed by atoms with Crippen LogP contribution in [0.5, 0.6) is 69.0 Å². The maximum atomic E-state index is 16.0. The van der Waals surface area contributed by atoms with Crippen molar-refractivity contribution in [2.45, 2.75) is 61.4 Å². The fourth-order valence-corrected chi connectivity index (χ4v) is 13.0. The van der Waals surface area contributed by atoms with Crippen molar-refractivity contribution in [2.24, 2.45) is 10.8 Å². The summed E-state index contributed by atoms with van der Waals surface area (Å²) in [6, 6.07) is 14.4. The molecule has 8 aromatic rings. The fourth-order valence-electron chi connectivity index (χ4n) is 12.4. The average Bonchev–Trinajstić information content (AvgIpc) is 0.763. The number of carboxylic acid groups (broad SMARTS) is 1. The number of nitrogens with one attached hydrogen (secondary N) is 6. The summed E-state index contributed by atoms with van der Waals surface area (Å²) >= 11 is 19.9. The maximum Gasteiger partial charge on any atom is 0.330 e. The first kappa shape index (κ1) is 68.0. The van der Waals surface area contributed by atoms with Gasteiger partial charge in [0.1, 0.15) is 82.6 Å². The molecule has 7 aliphatic rings. The number of aliphatic carboxylic acids is 1. The summed E-state index contributed by atoms with van der Waals surface area (Å²) in [5.41, 5.74) is 5.03. The first-order valence-electron chi connectivity index (χ1n) is 31.1. The molecule has 15 rings (SSSR count). The number of nitrogens with two attached hydrogens (primary N) is 1. The molecule has 101 heavy (non-hydrogen) atoms. The van der Waals surface area contributed by atoms with Crippen LogP contribution in [0.3, 0.4) is 0 Å². The van der Waals surface area contributed by atoms with Crippen LogP contribution in [0.1, 0.15) is 86.4 Å². The third-order valence-electron chi connectivity index (χ3n) is 17.7. The largest absolute Gasteiger partial charge is 0.508 e. The number of aromatic hydroxyl groups is 6. The van der Waals surface area contributed by atoms with Gasteiger partial charge < -0.3 is 92.7 Å². The molecule has 28 nitrogen and oxygen atoms in total. The lowest BCUT2D eigenvalue weighted by Gasteiger charge is -2.34. The van der Waals surface area contributed by atoms with Crippen molar-refractivity contribution >= 4 is 82.4 Å². The Morgan fingerprint density at radius 3 is 1.82 bits per heavy atom. The van der Waals surface area contributed by atoms with E-state index < -0.39 is 152 Å². The van der Waals surface area contributed by atoms with E-state index in [1.54, 1.807) is 35.5 Å². The molecule has 0 aliphatic carbocycles. The van der Waals surface area contributed by atoms with Gasteiger partial charge in [0, 0.05) is 66.9 Å². The second-order valence-corrected chi connectivity index (χ2v) is 25.6. The Morgan fingerprint density at radius 1 is 0.545 bits per heavy atom. The molecule has 1 fully saturated rings. The van der Waals surface area contributed by atoms with E-state index in [1.165, 1.54) is 54.6 Å². The monoisotopic (exact) mass is 1430 g/mol. The number of hydrogen-bond acceptors (Lipinski definition) is 21. The Morgan fingerprint density at radius 2 is 1.15 bits per heavy atom. The molecule has 7 heterocycles. The highest BCUT2D eigenvalue weighted by Crippen LogP contribution is 2.50. The number of hydrazone groups is 1. The van der Waals surface area contributed by atoms with E-state index in [0.29, 0.717) is 36.8 Å².